The summed E-state index contributed by atoms with van der Waals surface area (Å²) >= 11 is 0. The number of hydrogen-bond donors (Lipinski definition) is 1. The van der Waals surface area contributed by atoms with E-state index in [1.165, 1.54) is 40.8 Å². The molecule has 0 radical (unpaired) electrons. The van der Waals surface area contributed by atoms with Gasteiger partial charge in [0.1, 0.15) is 0 Å². The molecule has 2 aromatic carbocycles. The molecule has 3 atom stereocenters. The first kappa shape index (κ1) is 18.8. The molecule has 0 aliphatic carbocycles. The van der Waals surface area contributed by atoms with E-state index >= 15 is 0 Å². The summed E-state index contributed by atoms with van der Waals surface area (Å²) in [5.41, 5.74) is 11.0. The Morgan fingerprint density at radius 3 is 2.63 bits per heavy atom. The minimum Gasteiger partial charge on any atom is -0.437 e. The Morgan fingerprint density at radius 2 is 1.83 bits per heavy atom. The molecular weight excluding hydrogens is 369 g/mol. The molecule has 2 saturated heterocycles. The molecule has 2 fully saturated rings. The molecule has 0 saturated carbocycles. The Balaban J connectivity index is 1.35. The molecule has 154 valence electrons. The maximum absolute atomic E-state index is 10.1. The summed E-state index contributed by atoms with van der Waals surface area (Å²) in [7, 11) is 1.89. The van der Waals surface area contributed by atoms with Crippen molar-refractivity contribution in [3.63, 3.8) is 0 Å². The molecule has 6 rings (SSSR count). The van der Waals surface area contributed by atoms with Gasteiger partial charge < -0.3 is 9.83 Å². The van der Waals surface area contributed by atoms with Gasteiger partial charge in [0.25, 0.3) is 0 Å². The maximum atomic E-state index is 10.1. The molecule has 3 unspecified atom stereocenters. The quantitative estimate of drug-likeness (QED) is 0.762. The number of aryl methyl sites for hydroxylation is 1. The van der Waals surface area contributed by atoms with Gasteiger partial charge in [0.15, 0.2) is 0 Å². The van der Waals surface area contributed by atoms with Gasteiger partial charge in [-0.1, -0.05) is 18.2 Å². The highest BCUT2D eigenvalue weighted by molar-refractivity contribution is 6.46. The summed E-state index contributed by atoms with van der Waals surface area (Å²) in [6.07, 6.45) is 5.73. The van der Waals surface area contributed by atoms with Crippen molar-refractivity contribution in [1.82, 2.24) is 9.71 Å². The van der Waals surface area contributed by atoms with Crippen LogP contribution >= 0.6 is 0 Å². The van der Waals surface area contributed by atoms with Crippen molar-refractivity contribution in [2.24, 2.45) is 4.99 Å². The molecular formula is C25H30BN3O. The molecule has 0 spiro atoms. The van der Waals surface area contributed by atoms with Crippen LogP contribution in [0.25, 0.3) is 11.1 Å². The average molecular weight is 399 g/mol. The van der Waals surface area contributed by atoms with Crippen LogP contribution in [0.5, 0.6) is 0 Å². The van der Waals surface area contributed by atoms with Crippen molar-refractivity contribution in [2.75, 3.05) is 13.6 Å². The summed E-state index contributed by atoms with van der Waals surface area (Å²) in [4.78, 5) is 9.78. The van der Waals surface area contributed by atoms with Crippen molar-refractivity contribution in [2.45, 2.75) is 64.0 Å². The summed E-state index contributed by atoms with van der Waals surface area (Å²) in [5, 5.41) is 10.1. The molecule has 4 aliphatic rings. The third-order valence-electron chi connectivity index (χ3n) is 8.05. The van der Waals surface area contributed by atoms with Crippen LogP contribution in [0.15, 0.2) is 35.3 Å². The van der Waals surface area contributed by atoms with Gasteiger partial charge in [-0.05, 0) is 98.5 Å². The van der Waals surface area contributed by atoms with E-state index < -0.39 is 7.05 Å². The second-order valence-corrected chi connectivity index (χ2v) is 9.68. The first-order chi connectivity index (χ1) is 14.5. The molecule has 2 aromatic rings. The van der Waals surface area contributed by atoms with Gasteiger partial charge in [0.05, 0.1) is 5.69 Å². The summed E-state index contributed by atoms with van der Waals surface area (Å²) < 4.78 is 0. The minimum atomic E-state index is -0.401. The van der Waals surface area contributed by atoms with Crippen LogP contribution in [0.3, 0.4) is 0 Å². The predicted octanol–water partition coefficient (Wildman–Crippen LogP) is 4.69. The van der Waals surface area contributed by atoms with Crippen LogP contribution in [0.1, 0.15) is 60.0 Å². The normalized spacial score (nSPS) is 27.5. The Labute approximate surface area is 179 Å². The number of benzene rings is 2. The van der Waals surface area contributed by atoms with Crippen LogP contribution in [0.4, 0.5) is 5.69 Å². The van der Waals surface area contributed by atoms with Gasteiger partial charge in [-0.3, -0.25) is 9.89 Å². The zero-order valence-electron chi connectivity index (χ0n) is 18.2. The Bertz CT molecular complexity index is 1060. The smallest absolute Gasteiger partial charge is 0.376 e. The topological polar surface area (TPSA) is 39.1 Å². The third-order valence-corrected chi connectivity index (χ3v) is 8.05. The van der Waals surface area contributed by atoms with Gasteiger partial charge in [-0.25, -0.2) is 0 Å². The second kappa shape index (κ2) is 6.78. The van der Waals surface area contributed by atoms with Crippen LogP contribution in [-0.2, 0) is 6.42 Å². The standard InChI is InChI=1S/C25H30BN3O/c1-15-6-8-18(25-23-11-10-22(24(15)25)28(23)3)16-7-9-19-17(13-16)14-20(27-19)21-5-4-12-29(21)26(2)30/h6-9,13,21-23,30H,4-5,10-12,14H2,1-3H3. The number of aliphatic imine (C=N–C) groups is 1. The Hall–Kier alpha value is -1.95. The van der Waals surface area contributed by atoms with Crippen LogP contribution in [0, 0.1) is 6.92 Å². The van der Waals surface area contributed by atoms with Crippen LogP contribution < -0.4 is 0 Å². The van der Waals surface area contributed by atoms with E-state index in [4.69, 9.17) is 4.99 Å². The van der Waals surface area contributed by atoms with Gasteiger partial charge >= 0.3 is 7.05 Å². The molecule has 1 N–H and O–H groups in total. The highest BCUT2D eigenvalue weighted by atomic mass is 16.2. The summed E-state index contributed by atoms with van der Waals surface area (Å²) in [6.45, 7) is 5.12. The minimum absolute atomic E-state index is 0.286. The molecule has 5 heteroatoms. The fraction of sp³-hybridized carbons (Fsp3) is 0.480. The van der Waals surface area contributed by atoms with Crippen molar-refractivity contribution in [3.05, 3.63) is 52.6 Å². The largest absolute Gasteiger partial charge is 0.437 e. The lowest BCUT2D eigenvalue weighted by Crippen LogP contribution is -2.44. The zero-order valence-corrected chi connectivity index (χ0v) is 18.2. The molecule has 4 aliphatic heterocycles. The van der Waals surface area contributed by atoms with Gasteiger partial charge in [-0.15, -0.1) is 0 Å². The van der Waals surface area contributed by atoms with Gasteiger partial charge in [0.2, 0.25) is 0 Å². The van der Waals surface area contributed by atoms with Gasteiger partial charge in [0, 0.05) is 30.3 Å². The fourth-order valence-electron chi connectivity index (χ4n) is 6.61. The highest BCUT2D eigenvalue weighted by Crippen LogP contribution is 2.55. The molecule has 4 heterocycles. The molecule has 0 aromatic heterocycles. The fourth-order valence-corrected chi connectivity index (χ4v) is 6.61. The van der Waals surface area contributed by atoms with Crippen LogP contribution in [0.2, 0.25) is 6.82 Å². The van der Waals surface area contributed by atoms with Crippen molar-refractivity contribution in [1.29, 1.82) is 0 Å². The molecule has 0 amide bonds. The SMILES string of the molecule is CB(O)N1CCCC1C1=Nc2ccc(-c3ccc(C)c4c3C3CCC4N3C)cc2C1. The van der Waals surface area contributed by atoms with E-state index in [2.05, 4.69) is 54.0 Å². The maximum Gasteiger partial charge on any atom is 0.376 e. The highest BCUT2D eigenvalue weighted by Gasteiger charge is 2.44. The lowest BCUT2D eigenvalue weighted by Gasteiger charge is -2.25. The molecule has 30 heavy (non-hydrogen) atoms. The van der Waals surface area contributed by atoms with E-state index in [0.717, 1.165) is 31.5 Å². The monoisotopic (exact) mass is 399 g/mol. The number of rotatable bonds is 3. The lowest BCUT2D eigenvalue weighted by molar-refractivity contribution is 0.280. The first-order valence-corrected chi connectivity index (χ1v) is 11.5. The number of fused-ring (bicyclic) bond motifs is 6. The summed E-state index contributed by atoms with van der Waals surface area (Å²) in [5.74, 6) is 0. The molecule has 4 nitrogen and oxygen atoms in total. The predicted molar refractivity (Wildman–Crippen MR) is 123 cm³/mol. The lowest BCUT2D eigenvalue weighted by atomic mass is 9.82. The van der Waals surface area contributed by atoms with Gasteiger partial charge in [-0.2, -0.15) is 0 Å². The van der Waals surface area contributed by atoms with E-state index in [1.54, 1.807) is 11.1 Å². The third kappa shape index (κ3) is 2.62. The summed E-state index contributed by atoms with van der Waals surface area (Å²) in [6, 6.07) is 13.0. The van der Waals surface area contributed by atoms with E-state index in [1.807, 2.05) is 6.82 Å². The van der Waals surface area contributed by atoms with E-state index in [-0.39, 0.29) is 6.04 Å². The van der Waals surface area contributed by atoms with Crippen molar-refractivity contribution >= 4 is 18.4 Å². The first-order valence-electron chi connectivity index (χ1n) is 11.5. The average Bonchev–Trinajstić information content (AvgIpc) is 3.49. The van der Waals surface area contributed by atoms with Crippen LogP contribution in [-0.4, -0.2) is 47.1 Å². The Morgan fingerprint density at radius 1 is 1.03 bits per heavy atom. The number of hydrogen-bond acceptors (Lipinski definition) is 4. The second-order valence-electron chi connectivity index (χ2n) is 9.68. The van der Waals surface area contributed by atoms with E-state index in [9.17, 15) is 5.02 Å². The Kier molecular flexibility index (Phi) is 4.25. The molecule has 2 bridgehead atoms. The van der Waals surface area contributed by atoms with Crippen molar-refractivity contribution < 1.29 is 5.02 Å². The van der Waals surface area contributed by atoms with Crippen molar-refractivity contribution in [3.8, 4) is 11.1 Å². The van der Waals surface area contributed by atoms with E-state index in [0.29, 0.717) is 12.1 Å². The zero-order chi connectivity index (χ0) is 20.6. The number of nitrogens with zero attached hydrogens (tertiary/aromatic N) is 3.